The average molecular weight is 457 g/mol. The van der Waals surface area contributed by atoms with Gasteiger partial charge in [0.25, 0.3) is 5.89 Å². The zero-order valence-corrected chi connectivity index (χ0v) is 18.9. The zero-order valence-electron chi connectivity index (χ0n) is 18.1. The van der Waals surface area contributed by atoms with Crippen molar-refractivity contribution in [2.75, 3.05) is 4.90 Å². The standard InChI is InChI=1S/C26H21FN4OS/c1-16-7-6-10-19(15-16)24-29-25(32-30-24)22-17(2)31(21-13-11-20(27)12-14-21)26(33)28-23(22)18-8-4-3-5-9-18/h3-15,23H,1-2H3,(H,28,33). The van der Waals surface area contributed by atoms with Crippen molar-refractivity contribution in [3.05, 3.63) is 107 Å². The Kier molecular flexibility index (Phi) is 5.48. The van der Waals surface area contributed by atoms with Gasteiger partial charge in [0.15, 0.2) is 5.11 Å². The summed E-state index contributed by atoms with van der Waals surface area (Å²) in [5.41, 5.74) is 5.40. The molecule has 7 heteroatoms. The molecule has 1 atom stereocenters. The second-order valence-electron chi connectivity index (χ2n) is 7.90. The van der Waals surface area contributed by atoms with E-state index in [2.05, 4.69) is 10.5 Å². The van der Waals surface area contributed by atoms with Crippen molar-refractivity contribution in [3.8, 4) is 11.4 Å². The summed E-state index contributed by atoms with van der Waals surface area (Å²) < 4.78 is 19.3. The molecule has 1 unspecified atom stereocenters. The zero-order chi connectivity index (χ0) is 22.9. The smallest absolute Gasteiger partial charge is 0.258 e. The van der Waals surface area contributed by atoms with Crippen LogP contribution in [0.25, 0.3) is 17.0 Å². The van der Waals surface area contributed by atoms with E-state index >= 15 is 0 Å². The molecule has 0 fully saturated rings. The topological polar surface area (TPSA) is 54.2 Å². The van der Waals surface area contributed by atoms with Crippen LogP contribution in [0, 0.1) is 12.7 Å². The first-order chi connectivity index (χ1) is 16.0. The number of aryl methyl sites for hydroxylation is 1. The molecule has 4 aromatic rings. The molecule has 0 spiro atoms. The fourth-order valence-corrected chi connectivity index (χ4v) is 4.41. The van der Waals surface area contributed by atoms with Gasteiger partial charge in [0.1, 0.15) is 5.82 Å². The quantitative estimate of drug-likeness (QED) is 0.377. The fraction of sp³-hybridized carbons (Fsp3) is 0.115. The molecule has 1 aliphatic rings. The van der Waals surface area contributed by atoms with E-state index < -0.39 is 0 Å². The number of nitrogens with zero attached hydrogens (tertiary/aromatic N) is 3. The largest absolute Gasteiger partial charge is 0.351 e. The van der Waals surface area contributed by atoms with Gasteiger partial charge in [-0.15, -0.1) is 0 Å². The maximum absolute atomic E-state index is 13.6. The van der Waals surface area contributed by atoms with E-state index in [-0.39, 0.29) is 11.9 Å². The minimum atomic E-state index is -0.307. The lowest BCUT2D eigenvalue weighted by atomic mass is 9.94. The fourth-order valence-electron chi connectivity index (χ4n) is 4.05. The molecule has 0 aliphatic carbocycles. The van der Waals surface area contributed by atoms with E-state index in [1.165, 1.54) is 12.1 Å². The number of rotatable bonds is 4. The number of benzene rings is 3. The van der Waals surface area contributed by atoms with Gasteiger partial charge in [-0.05, 0) is 62.0 Å². The van der Waals surface area contributed by atoms with Crippen LogP contribution in [-0.4, -0.2) is 15.3 Å². The first kappa shape index (κ1) is 21.0. The summed E-state index contributed by atoms with van der Waals surface area (Å²) >= 11 is 5.72. The van der Waals surface area contributed by atoms with Crippen LogP contribution >= 0.6 is 12.2 Å². The van der Waals surface area contributed by atoms with Crippen LogP contribution in [-0.2, 0) is 0 Å². The number of nitrogens with one attached hydrogen (secondary N) is 1. The lowest BCUT2D eigenvalue weighted by molar-refractivity contribution is 0.404. The normalized spacial score (nSPS) is 16.2. The highest BCUT2D eigenvalue weighted by Gasteiger charge is 2.34. The van der Waals surface area contributed by atoms with E-state index in [0.717, 1.165) is 33.6 Å². The number of allylic oxidation sites excluding steroid dienone is 1. The molecule has 3 aromatic carbocycles. The Balaban J connectivity index is 1.65. The maximum Gasteiger partial charge on any atom is 0.258 e. The Morgan fingerprint density at radius 1 is 0.970 bits per heavy atom. The van der Waals surface area contributed by atoms with Gasteiger partial charge < -0.3 is 9.84 Å². The van der Waals surface area contributed by atoms with Crippen molar-refractivity contribution in [3.63, 3.8) is 0 Å². The van der Waals surface area contributed by atoms with Crippen LogP contribution in [0.3, 0.4) is 0 Å². The van der Waals surface area contributed by atoms with Crippen molar-refractivity contribution in [2.24, 2.45) is 0 Å². The van der Waals surface area contributed by atoms with Gasteiger partial charge in [-0.1, -0.05) is 59.3 Å². The van der Waals surface area contributed by atoms with Gasteiger partial charge in [0.2, 0.25) is 5.82 Å². The highest BCUT2D eigenvalue weighted by molar-refractivity contribution is 7.80. The third-order valence-electron chi connectivity index (χ3n) is 5.64. The van der Waals surface area contributed by atoms with Crippen molar-refractivity contribution in [2.45, 2.75) is 19.9 Å². The minimum Gasteiger partial charge on any atom is -0.351 e. The Hall–Kier alpha value is -3.84. The highest BCUT2D eigenvalue weighted by Crippen LogP contribution is 2.39. The van der Waals surface area contributed by atoms with Crippen molar-refractivity contribution >= 4 is 28.6 Å². The SMILES string of the molecule is CC1=C(c2nc(-c3cccc(C)c3)no2)C(c2ccccc2)NC(=S)N1c1ccc(F)cc1. The summed E-state index contributed by atoms with van der Waals surface area (Å²) in [6.07, 6.45) is 0. The molecule has 5 nitrogen and oxygen atoms in total. The first-order valence-corrected chi connectivity index (χ1v) is 10.9. The van der Waals surface area contributed by atoms with Gasteiger partial charge >= 0.3 is 0 Å². The summed E-state index contributed by atoms with van der Waals surface area (Å²) in [7, 11) is 0. The first-order valence-electron chi connectivity index (χ1n) is 10.5. The van der Waals surface area contributed by atoms with Gasteiger partial charge in [-0.2, -0.15) is 4.98 Å². The lowest BCUT2D eigenvalue weighted by Gasteiger charge is -2.37. The number of hydrogen-bond donors (Lipinski definition) is 1. The summed E-state index contributed by atoms with van der Waals surface area (Å²) in [6, 6.07) is 23.9. The molecule has 1 aliphatic heterocycles. The van der Waals surface area contributed by atoms with Gasteiger partial charge in [0.05, 0.1) is 11.6 Å². The molecule has 0 bridgehead atoms. The number of hydrogen-bond acceptors (Lipinski definition) is 4. The highest BCUT2D eigenvalue weighted by atomic mass is 32.1. The maximum atomic E-state index is 13.6. The Labute approximate surface area is 196 Å². The predicted molar refractivity (Wildman–Crippen MR) is 131 cm³/mol. The summed E-state index contributed by atoms with van der Waals surface area (Å²) in [5, 5.41) is 8.17. The van der Waals surface area contributed by atoms with E-state index in [9.17, 15) is 4.39 Å². The van der Waals surface area contributed by atoms with E-state index in [4.69, 9.17) is 21.7 Å². The average Bonchev–Trinajstić information content (AvgIpc) is 3.30. The Morgan fingerprint density at radius 3 is 2.45 bits per heavy atom. The van der Waals surface area contributed by atoms with Crippen LogP contribution in [0.5, 0.6) is 0 Å². The molecule has 1 aromatic heterocycles. The van der Waals surface area contributed by atoms with Crippen LogP contribution in [0.2, 0.25) is 0 Å². The molecule has 0 amide bonds. The molecule has 0 saturated carbocycles. The lowest BCUT2D eigenvalue weighted by Crippen LogP contribution is -2.46. The monoisotopic (exact) mass is 456 g/mol. The van der Waals surface area contributed by atoms with Crippen molar-refractivity contribution in [1.29, 1.82) is 0 Å². The third-order valence-corrected chi connectivity index (χ3v) is 5.94. The molecule has 0 saturated heterocycles. The second-order valence-corrected chi connectivity index (χ2v) is 8.28. The molecule has 5 rings (SSSR count). The van der Waals surface area contributed by atoms with E-state index in [0.29, 0.717) is 16.8 Å². The molecular weight excluding hydrogens is 435 g/mol. The Bertz CT molecular complexity index is 1350. The molecular formula is C26H21FN4OS. The summed E-state index contributed by atoms with van der Waals surface area (Å²) in [5.74, 6) is 0.612. The molecule has 33 heavy (non-hydrogen) atoms. The minimum absolute atomic E-state index is 0.277. The van der Waals surface area contributed by atoms with E-state index in [1.807, 2.05) is 73.3 Å². The molecule has 2 heterocycles. The van der Waals surface area contributed by atoms with Gasteiger partial charge in [0, 0.05) is 16.9 Å². The van der Waals surface area contributed by atoms with Gasteiger partial charge in [-0.3, -0.25) is 4.90 Å². The predicted octanol–water partition coefficient (Wildman–Crippen LogP) is 6.05. The number of thiocarbonyl (C=S) groups is 1. The summed E-state index contributed by atoms with van der Waals surface area (Å²) in [6.45, 7) is 3.98. The van der Waals surface area contributed by atoms with Crippen molar-refractivity contribution < 1.29 is 8.91 Å². The Morgan fingerprint density at radius 2 is 1.73 bits per heavy atom. The third kappa shape index (κ3) is 4.03. The molecule has 164 valence electrons. The van der Waals surface area contributed by atoms with Gasteiger partial charge in [-0.25, -0.2) is 4.39 Å². The van der Waals surface area contributed by atoms with Crippen molar-refractivity contribution in [1.82, 2.24) is 15.5 Å². The molecule has 1 N–H and O–H groups in total. The van der Waals surface area contributed by atoms with Crippen LogP contribution in [0.4, 0.5) is 10.1 Å². The summed E-state index contributed by atoms with van der Waals surface area (Å²) in [4.78, 5) is 6.59. The van der Waals surface area contributed by atoms with Crippen LogP contribution < -0.4 is 10.2 Å². The van der Waals surface area contributed by atoms with Crippen LogP contribution in [0.1, 0.15) is 30.0 Å². The number of aromatic nitrogens is 2. The molecule has 0 radical (unpaired) electrons. The van der Waals surface area contributed by atoms with E-state index in [1.54, 1.807) is 12.1 Å². The number of halogens is 1. The van der Waals surface area contributed by atoms with Crippen LogP contribution in [0.15, 0.2) is 89.1 Å². The second kappa shape index (κ2) is 8.60. The number of anilines is 1.